The first-order valence-electron chi connectivity index (χ1n) is 11.0. The van der Waals surface area contributed by atoms with Crippen molar-refractivity contribution in [1.82, 2.24) is 0 Å². The van der Waals surface area contributed by atoms with E-state index in [1.807, 2.05) is 0 Å². The zero-order valence-corrected chi connectivity index (χ0v) is 20.6. The summed E-state index contributed by atoms with van der Waals surface area (Å²) in [6.07, 6.45) is 1.46. The van der Waals surface area contributed by atoms with Crippen LogP contribution in [-0.2, 0) is 34.1 Å². The average molecular weight is 509 g/mol. The fraction of sp³-hybridized carbons (Fsp3) is 0.522. The van der Waals surface area contributed by atoms with Gasteiger partial charge in [0.15, 0.2) is 6.61 Å². The summed E-state index contributed by atoms with van der Waals surface area (Å²) in [6, 6.07) is 6.88. The van der Waals surface area contributed by atoms with Crippen LogP contribution in [0, 0.1) is 0 Å². The van der Waals surface area contributed by atoms with Crippen LogP contribution in [0.4, 0.5) is 0 Å². The molecule has 3 aliphatic heterocycles. The molecule has 9 nitrogen and oxygen atoms in total. The Balaban J connectivity index is 1.35. The van der Waals surface area contributed by atoms with Crippen LogP contribution in [0.25, 0.3) is 0 Å². The number of carbonyl (C=O) groups is 3. The molecule has 0 spiro atoms. The van der Waals surface area contributed by atoms with Gasteiger partial charge < -0.3 is 28.5 Å². The molecule has 3 aliphatic rings. The number of fused-ring (bicyclic) bond motifs is 5. The molecule has 3 saturated heterocycles. The Hall–Kier alpha value is -2.31. The summed E-state index contributed by atoms with van der Waals surface area (Å²) in [5, 5.41) is 13.5. The molecular formula is C23H26NO8S2+. The van der Waals surface area contributed by atoms with Crippen LogP contribution in [-0.4, -0.2) is 85.7 Å². The maximum absolute atomic E-state index is 13.5. The van der Waals surface area contributed by atoms with Crippen LogP contribution in [0.15, 0.2) is 29.6 Å². The SMILES string of the molecule is COC(=O)COC(=O)c1ccc(C(O)(C(=O)OC2C[C@@H]3[C@H]4O[C@H]4[C@H](C2)[N+]3(C)C)c2cccs2)s1. The third-order valence-corrected chi connectivity index (χ3v) is 9.35. The van der Waals surface area contributed by atoms with Crippen molar-refractivity contribution >= 4 is 40.6 Å². The van der Waals surface area contributed by atoms with Gasteiger partial charge in [0.2, 0.25) is 5.60 Å². The van der Waals surface area contributed by atoms with Crippen molar-refractivity contribution in [2.75, 3.05) is 27.8 Å². The van der Waals surface area contributed by atoms with E-state index in [2.05, 4.69) is 18.8 Å². The number of likely N-dealkylation sites (N-methyl/N-ethyl adjacent to an activating group) is 1. The van der Waals surface area contributed by atoms with E-state index < -0.39 is 30.1 Å². The van der Waals surface area contributed by atoms with Crippen LogP contribution in [0.5, 0.6) is 0 Å². The van der Waals surface area contributed by atoms with Crippen molar-refractivity contribution in [2.24, 2.45) is 0 Å². The van der Waals surface area contributed by atoms with Crippen LogP contribution < -0.4 is 0 Å². The maximum Gasteiger partial charge on any atom is 0.349 e. The largest absolute Gasteiger partial charge is 0.466 e. The molecule has 0 saturated carbocycles. The van der Waals surface area contributed by atoms with Crippen molar-refractivity contribution in [3.8, 4) is 0 Å². The number of morpholine rings is 1. The third-order valence-electron chi connectivity index (χ3n) is 7.20. The van der Waals surface area contributed by atoms with Gasteiger partial charge in [0, 0.05) is 12.8 Å². The topological polar surface area (TPSA) is 112 Å². The number of carbonyl (C=O) groups excluding carboxylic acids is 3. The molecule has 3 fully saturated rings. The Morgan fingerprint density at radius 3 is 2.47 bits per heavy atom. The van der Waals surface area contributed by atoms with Gasteiger partial charge in [0.25, 0.3) is 0 Å². The van der Waals surface area contributed by atoms with E-state index in [1.165, 1.54) is 30.6 Å². The van der Waals surface area contributed by atoms with Gasteiger partial charge in [0.1, 0.15) is 35.3 Å². The molecule has 11 heteroatoms. The molecule has 2 unspecified atom stereocenters. The summed E-state index contributed by atoms with van der Waals surface area (Å²) in [7, 11) is 5.58. The molecule has 5 rings (SSSR count). The molecule has 6 atom stereocenters. The Morgan fingerprint density at radius 1 is 1.15 bits per heavy atom. The van der Waals surface area contributed by atoms with Gasteiger partial charge in [-0.1, -0.05) is 6.07 Å². The number of rotatable bonds is 7. The summed E-state index contributed by atoms with van der Waals surface area (Å²) < 4.78 is 22.0. The Morgan fingerprint density at radius 2 is 1.85 bits per heavy atom. The molecule has 0 aliphatic carbocycles. The monoisotopic (exact) mass is 508 g/mol. The molecule has 2 aromatic heterocycles. The number of thiophene rings is 2. The summed E-state index contributed by atoms with van der Waals surface area (Å²) in [5.41, 5.74) is -2.06. The zero-order chi connectivity index (χ0) is 24.3. The fourth-order valence-electron chi connectivity index (χ4n) is 5.24. The number of methoxy groups -OCH3 is 1. The lowest BCUT2D eigenvalue weighted by Gasteiger charge is -2.45. The molecule has 0 radical (unpaired) electrons. The number of quaternary nitrogens is 1. The van der Waals surface area contributed by atoms with E-state index in [4.69, 9.17) is 14.2 Å². The number of nitrogens with zero attached hydrogens (tertiary/aromatic N) is 1. The maximum atomic E-state index is 13.5. The minimum atomic E-state index is -2.06. The van der Waals surface area contributed by atoms with Crippen LogP contribution in [0.2, 0.25) is 0 Å². The van der Waals surface area contributed by atoms with Gasteiger partial charge >= 0.3 is 17.9 Å². The van der Waals surface area contributed by atoms with E-state index in [9.17, 15) is 19.5 Å². The highest BCUT2D eigenvalue weighted by Crippen LogP contribution is 2.52. The quantitative estimate of drug-likeness (QED) is 0.260. The second kappa shape index (κ2) is 8.42. The molecule has 2 bridgehead atoms. The lowest BCUT2D eigenvalue weighted by molar-refractivity contribution is -0.938. The number of hydrogen-bond donors (Lipinski definition) is 1. The Bertz CT molecular complexity index is 1090. The van der Waals surface area contributed by atoms with Crippen LogP contribution in [0.1, 0.15) is 32.3 Å². The fourth-order valence-corrected chi connectivity index (χ4v) is 7.12. The molecule has 1 N–H and O–H groups in total. The predicted octanol–water partition coefficient (Wildman–Crippen LogP) is 1.68. The highest BCUT2D eigenvalue weighted by atomic mass is 32.1. The molecule has 0 aromatic carbocycles. The van der Waals surface area contributed by atoms with E-state index in [0.29, 0.717) is 17.7 Å². The lowest BCUT2D eigenvalue weighted by Crippen LogP contribution is -2.60. The summed E-state index contributed by atoms with van der Waals surface area (Å²) in [5.74, 6) is -2.20. The third kappa shape index (κ3) is 3.75. The first-order valence-corrected chi connectivity index (χ1v) is 12.7. The first-order chi connectivity index (χ1) is 16.2. The predicted molar refractivity (Wildman–Crippen MR) is 121 cm³/mol. The molecule has 5 heterocycles. The number of aliphatic hydroxyl groups is 1. The second-order valence-corrected chi connectivity index (χ2v) is 11.4. The minimum absolute atomic E-state index is 0.147. The van der Waals surface area contributed by atoms with Crippen LogP contribution in [0.3, 0.4) is 0 Å². The van der Waals surface area contributed by atoms with Gasteiger partial charge in [-0.15, -0.1) is 22.7 Å². The summed E-state index contributed by atoms with van der Waals surface area (Å²) in [6.45, 7) is -0.523. The highest BCUT2D eigenvalue weighted by Gasteiger charge is 2.71. The van der Waals surface area contributed by atoms with Gasteiger partial charge in [-0.3, -0.25) is 0 Å². The molecule has 182 valence electrons. The molecule has 34 heavy (non-hydrogen) atoms. The van der Waals surface area contributed by atoms with Crippen molar-refractivity contribution in [2.45, 2.75) is 48.8 Å². The lowest BCUT2D eigenvalue weighted by atomic mass is 9.95. The molecule has 0 amide bonds. The van der Waals surface area contributed by atoms with Gasteiger partial charge in [-0.25, -0.2) is 14.4 Å². The highest BCUT2D eigenvalue weighted by molar-refractivity contribution is 7.14. The number of piperidine rings is 1. The second-order valence-electron chi connectivity index (χ2n) is 9.33. The smallest absolute Gasteiger partial charge is 0.349 e. The van der Waals surface area contributed by atoms with E-state index in [0.717, 1.165) is 15.8 Å². The van der Waals surface area contributed by atoms with Crippen molar-refractivity contribution in [3.05, 3.63) is 44.3 Å². The van der Waals surface area contributed by atoms with Crippen LogP contribution >= 0.6 is 22.7 Å². The molecule has 2 aromatic rings. The average Bonchev–Trinajstić information content (AvgIpc) is 3.15. The number of epoxide rings is 1. The van der Waals surface area contributed by atoms with Crippen molar-refractivity contribution in [3.63, 3.8) is 0 Å². The Labute approximate surface area is 204 Å². The van der Waals surface area contributed by atoms with Gasteiger partial charge in [-0.05, 0) is 23.6 Å². The standard InChI is InChI=1S/C23H26NO8S2/c1-24(2)13-9-12(10-14(24)20-19(13)32-20)31-22(27)23(28,16-5-4-8-33-16)17-7-6-15(34-17)21(26)30-11-18(25)29-3/h4-8,12-14,19-20,28H,9-11H2,1-3H3/q+1/t12?,13-,14+,19-,20+,23?. The summed E-state index contributed by atoms with van der Waals surface area (Å²) >= 11 is 2.15. The van der Waals surface area contributed by atoms with E-state index >= 15 is 0 Å². The first kappa shape index (κ1) is 23.4. The zero-order valence-electron chi connectivity index (χ0n) is 19.0. The van der Waals surface area contributed by atoms with Crippen molar-refractivity contribution in [1.29, 1.82) is 0 Å². The van der Waals surface area contributed by atoms with E-state index in [-0.39, 0.29) is 40.1 Å². The number of ether oxygens (including phenoxy) is 4. The normalized spacial score (nSPS) is 30.1. The Kier molecular flexibility index (Phi) is 5.80. The van der Waals surface area contributed by atoms with E-state index in [1.54, 1.807) is 17.5 Å². The molecular weight excluding hydrogens is 482 g/mol. The number of esters is 3. The van der Waals surface area contributed by atoms with Gasteiger partial charge in [-0.2, -0.15) is 0 Å². The summed E-state index contributed by atoms with van der Waals surface area (Å²) in [4.78, 5) is 37.8. The number of hydrogen-bond acceptors (Lipinski definition) is 10. The van der Waals surface area contributed by atoms with Gasteiger partial charge in [0.05, 0.1) is 31.0 Å². The minimum Gasteiger partial charge on any atom is -0.466 e. The van der Waals surface area contributed by atoms with Crippen molar-refractivity contribution < 1.29 is 42.9 Å².